The zero-order valence-corrected chi connectivity index (χ0v) is 18.5. The third kappa shape index (κ3) is 5.28. The molecule has 0 bridgehead atoms. The standard InChI is InChI=1S/C23H24N4O4S/c1-31-18-6-4-5-17(13-18)25-21(29)15-7-9-16(10-8-15)24-20(28)14-19-22(30)26-23(32-19)27-11-2-3-12-27/h4-10,13,19H,2-3,11-12,14H2,1H3,(H,24,28)(H,25,29). The van der Waals surface area contributed by atoms with Gasteiger partial charge in [-0.05, 0) is 49.2 Å². The van der Waals surface area contributed by atoms with E-state index in [4.69, 9.17) is 4.74 Å². The van der Waals surface area contributed by atoms with E-state index in [-0.39, 0.29) is 24.1 Å². The Kier molecular flexibility index (Phi) is 6.75. The van der Waals surface area contributed by atoms with E-state index in [1.807, 2.05) is 0 Å². The van der Waals surface area contributed by atoms with E-state index in [0.29, 0.717) is 22.7 Å². The molecule has 2 aromatic rings. The van der Waals surface area contributed by atoms with Crippen molar-refractivity contribution in [3.63, 3.8) is 0 Å². The Morgan fingerprint density at radius 3 is 2.56 bits per heavy atom. The minimum absolute atomic E-state index is 0.0580. The number of amides is 3. The molecule has 2 N–H and O–H groups in total. The second kappa shape index (κ2) is 9.86. The van der Waals surface area contributed by atoms with Gasteiger partial charge in [0.15, 0.2) is 5.17 Å². The van der Waals surface area contributed by atoms with Crippen LogP contribution in [0.2, 0.25) is 0 Å². The van der Waals surface area contributed by atoms with E-state index in [1.54, 1.807) is 55.6 Å². The molecule has 4 rings (SSSR count). The SMILES string of the molecule is COc1cccc(NC(=O)c2ccc(NC(=O)CC3SC(N4CCCC4)=NC3=O)cc2)c1. The number of carbonyl (C=O) groups is 3. The highest BCUT2D eigenvalue weighted by Gasteiger charge is 2.33. The minimum atomic E-state index is -0.487. The molecule has 2 aliphatic heterocycles. The second-order valence-corrected chi connectivity index (χ2v) is 8.72. The number of likely N-dealkylation sites (tertiary alicyclic amines) is 1. The largest absolute Gasteiger partial charge is 0.497 e. The van der Waals surface area contributed by atoms with Crippen molar-refractivity contribution < 1.29 is 19.1 Å². The maximum atomic E-state index is 12.5. The number of methoxy groups -OCH3 is 1. The van der Waals surface area contributed by atoms with Crippen molar-refractivity contribution in [3.05, 3.63) is 54.1 Å². The molecule has 0 aliphatic carbocycles. The van der Waals surface area contributed by atoms with Crippen molar-refractivity contribution in [3.8, 4) is 5.75 Å². The van der Waals surface area contributed by atoms with E-state index in [9.17, 15) is 14.4 Å². The predicted octanol–water partition coefficient (Wildman–Crippen LogP) is 3.37. The van der Waals surface area contributed by atoms with Crippen LogP contribution in [0.15, 0.2) is 53.5 Å². The fourth-order valence-electron chi connectivity index (χ4n) is 3.54. The van der Waals surface area contributed by atoms with Gasteiger partial charge in [0.05, 0.1) is 7.11 Å². The molecule has 32 heavy (non-hydrogen) atoms. The third-order valence-electron chi connectivity index (χ3n) is 5.23. The van der Waals surface area contributed by atoms with Crippen LogP contribution in [-0.4, -0.2) is 53.2 Å². The number of nitrogens with one attached hydrogen (secondary N) is 2. The monoisotopic (exact) mass is 452 g/mol. The van der Waals surface area contributed by atoms with Crippen LogP contribution < -0.4 is 15.4 Å². The van der Waals surface area contributed by atoms with Gasteiger partial charge in [-0.1, -0.05) is 17.8 Å². The summed E-state index contributed by atoms with van der Waals surface area (Å²) in [4.78, 5) is 43.3. The average molecular weight is 453 g/mol. The zero-order chi connectivity index (χ0) is 22.5. The van der Waals surface area contributed by atoms with Crippen molar-refractivity contribution in [1.82, 2.24) is 4.90 Å². The molecule has 8 nitrogen and oxygen atoms in total. The Balaban J connectivity index is 1.29. The highest BCUT2D eigenvalue weighted by molar-refractivity contribution is 8.15. The number of benzene rings is 2. The molecule has 1 fully saturated rings. The van der Waals surface area contributed by atoms with Gasteiger partial charge in [-0.2, -0.15) is 4.99 Å². The number of hydrogen-bond acceptors (Lipinski definition) is 6. The van der Waals surface area contributed by atoms with Crippen molar-refractivity contribution in [1.29, 1.82) is 0 Å². The maximum Gasteiger partial charge on any atom is 0.262 e. The molecule has 1 unspecified atom stereocenters. The van der Waals surface area contributed by atoms with Crippen molar-refractivity contribution in [2.24, 2.45) is 4.99 Å². The Labute approximate surface area is 190 Å². The van der Waals surface area contributed by atoms with Crippen LogP contribution in [0.25, 0.3) is 0 Å². The first kappa shape index (κ1) is 21.9. The number of hydrogen-bond donors (Lipinski definition) is 2. The lowest BCUT2D eigenvalue weighted by atomic mass is 10.1. The van der Waals surface area contributed by atoms with Crippen LogP contribution in [0, 0.1) is 0 Å². The molecule has 2 aliphatic rings. The maximum absolute atomic E-state index is 12.5. The molecule has 0 radical (unpaired) electrons. The van der Waals surface area contributed by atoms with Crippen molar-refractivity contribution >= 4 is 46.0 Å². The van der Waals surface area contributed by atoms with E-state index >= 15 is 0 Å². The fraction of sp³-hybridized carbons (Fsp3) is 0.304. The van der Waals surface area contributed by atoms with Gasteiger partial charge in [-0.15, -0.1) is 0 Å². The molecule has 2 aromatic carbocycles. The number of carbonyl (C=O) groups excluding carboxylic acids is 3. The fourth-order valence-corrected chi connectivity index (χ4v) is 4.66. The van der Waals surface area contributed by atoms with Crippen molar-refractivity contribution in [2.45, 2.75) is 24.5 Å². The molecular weight excluding hydrogens is 428 g/mol. The number of amidine groups is 1. The number of anilines is 2. The van der Waals surface area contributed by atoms with Gasteiger partial charge in [0, 0.05) is 42.5 Å². The average Bonchev–Trinajstić information content (AvgIpc) is 3.45. The highest BCUT2D eigenvalue weighted by Crippen LogP contribution is 2.29. The van der Waals surface area contributed by atoms with Crippen LogP contribution in [0.3, 0.4) is 0 Å². The molecule has 3 amide bonds. The first-order valence-corrected chi connectivity index (χ1v) is 11.3. The van der Waals surface area contributed by atoms with Gasteiger partial charge in [0.2, 0.25) is 5.91 Å². The molecule has 9 heteroatoms. The summed E-state index contributed by atoms with van der Waals surface area (Å²) in [6, 6.07) is 13.7. The Bertz CT molecular complexity index is 1050. The van der Waals surface area contributed by atoms with Crippen LogP contribution >= 0.6 is 11.8 Å². The molecule has 2 heterocycles. The lowest BCUT2D eigenvalue weighted by molar-refractivity contribution is -0.121. The molecular formula is C23H24N4O4S. The number of rotatable bonds is 6. The first-order chi connectivity index (χ1) is 15.5. The van der Waals surface area contributed by atoms with E-state index in [0.717, 1.165) is 31.1 Å². The Hall–Kier alpha value is -3.33. The van der Waals surface area contributed by atoms with Gasteiger partial charge >= 0.3 is 0 Å². The smallest absolute Gasteiger partial charge is 0.262 e. The summed E-state index contributed by atoms with van der Waals surface area (Å²) < 4.78 is 5.16. The summed E-state index contributed by atoms with van der Waals surface area (Å²) >= 11 is 1.37. The molecule has 0 saturated carbocycles. The zero-order valence-electron chi connectivity index (χ0n) is 17.7. The summed E-state index contributed by atoms with van der Waals surface area (Å²) in [7, 11) is 1.56. The summed E-state index contributed by atoms with van der Waals surface area (Å²) in [5, 5.41) is 5.84. The first-order valence-electron chi connectivity index (χ1n) is 10.4. The van der Waals surface area contributed by atoms with Gasteiger partial charge in [-0.3, -0.25) is 14.4 Å². The number of ether oxygens (including phenoxy) is 1. The van der Waals surface area contributed by atoms with Crippen molar-refractivity contribution in [2.75, 3.05) is 30.8 Å². The van der Waals surface area contributed by atoms with Crippen LogP contribution in [-0.2, 0) is 9.59 Å². The Morgan fingerprint density at radius 2 is 1.84 bits per heavy atom. The van der Waals surface area contributed by atoms with Crippen LogP contribution in [0.5, 0.6) is 5.75 Å². The summed E-state index contributed by atoms with van der Waals surface area (Å²) in [5.74, 6) is -0.132. The lowest BCUT2D eigenvalue weighted by Gasteiger charge is -2.16. The third-order valence-corrected chi connectivity index (χ3v) is 6.45. The molecule has 1 atom stereocenters. The van der Waals surface area contributed by atoms with Crippen LogP contribution in [0.4, 0.5) is 11.4 Å². The summed E-state index contributed by atoms with van der Waals surface area (Å²) in [6.45, 7) is 1.82. The number of nitrogens with zero attached hydrogens (tertiary/aromatic N) is 2. The van der Waals surface area contributed by atoms with E-state index in [2.05, 4.69) is 20.5 Å². The lowest BCUT2D eigenvalue weighted by Crippen LogP contribution is -2.25. The molecule has 0 spiro atoms. The molecule has 166 valence electrons. The Morgan fingerprint density at radius 1 is 1.09 bits per heavy atom. The number of thioether (sulfide) groups is 1. The predicted molar refractivity (Wildman–Crippen MR) is 125 cm³/mol. The topological polar surface area (TPSA) is 100 Å². The summed E-state index contributed by atoms with van der Waals surface area (Å²) in [6.07, 6.45) is 2.27. The normalized spacial score (nSPS) is 17.8. The molecule has 0 aromatic heterocycles. The van der Waals surface area contributed by atoms with Gasteiger partial charge in [0.1, 0.15) is 11.0 Å². The summed E-state index contributed by atoms with van der Waals surface area (Å²) in [5.41, 5.74) is 1.64. The van der Waals surface area contributed by atoms with Gasteiger partial charge in [0.25, 0.3) is 11.8 Å². The highest BCUT2D eigenvalue weighted by atomic mass is 32.2. The molecule has 1 saturated heterocycles. The van der Waals surface area contributed by atoms with E-state index in [1.165, 1.54) is 11.8 Å². The second-order valence-electron chi connectivity index (χ2n) is 7.55. The van der Waals surface area contributed by atoms with Crippen LogP contribution in [0.1, 0.15) is 29.6 Å². The van der Waals surface area contributed by atoms with Gasteiger partial charge in [-0.25, -0.2) is 0 Å². The van der Waals surface area contributed by atoms with E-state index < -0.39 is 5.25 Å². The minimum Gasteiger partial charge on any atom is -0.497 e. The van der Waals surface area contributed by atoms with Gasteiger partial charge < -0.3 is 20.3 Å². The number of aliphatic imine (C=N–C) groups is 1. The quantitative estimate of drug-likeness (QED) is 0.697.